The van der Waals surface area contributed by atoms with Crippen LogP contribution in [0, 0.1) is 0 Å². The van der Waals surface area contributed by atoms with E-state index in [4.69, 9.17) is 9.47 Å². The molecule has 1 saturated heterocycles. The molecular formula is C20H24N4O3. The Hall–Kier alpha value is -2.67. The number of rotatable bonds is 5. The molecule has 2 heterocycles. The Bertz CT molecular complexity index is 769. The first-order valence-corrected chi connectivity index (χ1v) is 9.52. The summed E-state index contributed by atoms with van der Waals surface area (Å²) >= 11 is 0. The van der Waals surface area contributed by atoms with Crippen LogP contribution in [0.2, 0.25) is 0 Å². The minimum Gasteiger partial charge on any atom is -0.436 e. The highest BCUT2D eigenvalue weighted by atomic mass is 16.5. The highest BCUT2D eigenvalue weighted by molar-refractivity contribution is 5.94. The van der Waals surface area contributed by atoms with Gasteiger partial charge in [0, 0.05) is 37.1 Å². The van der Waals surface area contributed by atoms with Crippen molar-refractivity contribution in [3.63, 3.8) is 0 Å². The van der Waals surface area contributed by atoms with Gasteiger partial charge in [0.25, 0.3) is 11.8 Å². The minimum atomic E-state index is -0.0260. The third-order valence-electron chi connectivity index (χ3n) is 4.98. The second kappa shape index (κ2) is 8.35. The van der Waals surface area contributed by atoms with Crippen LogP contribution in [-0.2, 0) is 4.74 Å². The molecule has 142 valence electrons. The van der Waals surface area contributed by atoms with E-state index in [0.29, 0.717) is 42.3 Å². The smallest absolute Gasteiger partial charge is 0.263 e. The van der Waals surface area contributed by atoms with Gasteiger partial charge in [-0.1, -0.05) is 12.8 Å². The Morgan fingerprint density at radius 2 is 1.78 bits per heavy atom. The number of carbonyl (C=O) groups is 1. The van der Waals surface area contributed by atoms with Crippen LogP contribution >= 0.6 is 0 Å². The maximum atomic E-state index is 12.3. The molecule has 1 saturated carbocycles. The molecule has 2 fully saturated rings. The number of nitrogens with zero attached hydrogens (tertiary/aromatic N) is 3. The molecule has 1 aromatic heterocycles. The molecule has 7 heteroatoms. The summed E-state index contributed by atoms with van der Waals surface area (Å²) in [5, 5.41) is 3.10. The van der Waals surface area contributed by atoms with E-state index >= 15 is 0 Å². The molecule has 1 amide bonds. The predicted octanol–water partition coefficient (Wildman–Crippen LogP) is 2.78. The third-order valence-corrected chi connectivity index (χ3v) is 4.98. The summed E-state index contributed by atoms with van der Waals surface area (Å²) in [7, 11) is 0. The van der Waals surface area contributed by atoms with Gasteiger partial charge in [-0.05, 0) is 37.1 Å². The molecule has 27 heavy (non-hydrogen) atoms. The lowest BCUT2D eigenvalue weighted by atomic mass is 10.1. The van der Waals surface area contributed by atoms with Crippen molar-refractivity contribution < 1.29 is 14.3 Å². The van der Waals surface area contributed by atoms with Crippen molar-refractivity contribution >= 4 is 11.7 Å². The van der Waals surface area contributed by atoms with Gasteiger partial charge < -0.3 is 19.7 Å². The van der Waals surface area contributed by atoms with Gasteiger partial charge >= 0.3 is 0 Å². The monoisotopic (exact) mass is 368 g/mol. The lowest BCUT2D eigenvalue weighted by Crippen LogP contribution is -2.37. The average Bonchev–Trinajstić information content (AvgIpc) is 3.23. The van der Waals surface area contributed by atoms with Gasteiger partial charge in [-0.3, -0.25) is 4.79 Å². The van der Waals surface area contributed by atoms with Gasteiger partial charge in [-0.25, -0.2) is 9.97 Å². The predicted molar refractivity (Wildman–Crippen MR) is 101 cm³/mol. The van der Waals surface area contributed by atoms with Crippen molar-refractivity contribution in [1.29, 1.82) is 0 Å². The molecule has 0 unspecified atom stereocenters. The summed E-state index contributed by atoms with van der Waals surface area (Å²) < 4.78 is 11.3. The number of aromatic nitrogens is 2. The number of carbonyl (C=O) groups excluding carboxylic acids is 1. The van der Waals surface area contributed by atoms with Crippen molar-refractivity contribution in [3.05, 3.63) is 42.2 Å². The van der Waals surface area contributed by atoms with Crippen LogP contribution in [0.4, 0.5) is 5.82 Å². The number of morpholine rings is 1. The number of ether oxygens (including phenoxy) is 2. The van der Waals surface area contributed by atoms with Crippen molar-refractivity contribution in [2.45, 2.75) is 31.7 Å². The zero-order valence-electron chi connectivity index (χ0n) is 15.3. The van der Waals surface area contributed by atoms with Gasteiger partial charge in [0.1, 0.15) is 5.75 Å². The first-order chi connectivity index (χ1) is 13.3. The Morgan fingerprint density at radius 3 is 2.52 bits per heavy atom. The third kappa shape index (κ3) is 4.36. The number of nitrogens with one attached hydrogen (secondary N) is 1. The average molecular weight is 368 g/mol. The molecule has 1 aliphatic heterocycles. The van der Waals surface area contributed by atoms with E-state index in [9.17, 15) is 4.79 Å². The quantitative estimate of drug-likeness (QED) is 0.875. The van der Waals surface area contributed by atoms with Gasteiger partial charge in [0.15, 0.2) is 5.82 Å². The molecule has 7 nitrogen and oxygen atoms in total. The van der Waals surface area contributed by atoms with Crippen LogP contribution in [0.1, 0.15) is 36.0 Å². The van der Waals surface area contributed by atoms with E-state index in [1.165, 1.54) is 12.8 Å². The maximum absolute atomic E-state index is 12.3. The SMILES string of the molecule is O=C(NC1CCCC1)c1ccc(Oc2nccnc2N2CCOCC2)cc1. The number of benzene rings is 1. The molecule has 0 spiro atoms. The van der Waals surface area contributed by atoms with Gasteiger partial charge in [-0.15, -0.1) is 0 Å². The molecular weight excluding hydrogens is 344 g/mol. The van der Waals surface area contributed by atoms with Crippen LogP contribution in [0.15, 0.2) is 36.7 Å². The molecule has 1 N–H and O–H groups in total. The van der Waals surface area contributed by atoms with Crippen LogP contribution < -0.4 is 15.0 Å². The van der Waals surface area contributed by atoms with E-state index < -0.39 is 0 Å². The van der Waals surface area contributed by atoms with E-state index in [1.807, 2.05) is 0 Å². The number of hydrogen-bond donors (Lipinski definition) is 1. The van der Waals surface area contributed by atoms with E-state index in [2.05, 4.69) is 20.2 Å². The van der Waals surface area contributed by atoms with Gasteiger partial charge in [0.05, 0.1) is 13.2 Å². The van der Waals surface area contributed by atoms with Crippen molar-refractivity contribution in [2.75, 3.05) is 31.2 Å². The molecule has 0 bridgehead atoms. The summed E-state index contributed by atoms with van der Waals surface area (Å²) in [5.41, 5.74) is 0.641. The van der Waals surface area contributed by atoms with Crippen molar-refractivity contribution in [1.82, 2.24) is 15.3 Å². The molecule has 0 radical (unpaired) electrons. The Kier molecular flexibility index (Phi) is 5.48. The van der Waals surface area contributed by atoms with Crippen molar-refractivity contribution in [3.8, 4) is 11.6 Å². The first kappa shape index (κ1) is 17.7. The molecule has 0 atom stereocenters. The lowest BCUT2D eigenvalue weighted by Gasteiger charge is -2.28. The van der Waals surface area contributed by atoms with Crippen molar-refractivity contribution in [2.24, 2.45) is 0 Å². The number of hydrogen-bond acceptors (Lipinski definition) is 6. The summed E-state index contributed by atoms with van der Waals surface area (Å²) in [6, 6.07) is 7.46. The van der Waals surface area contributed by atoms with E-state index in [0.717, 1.165) is 25.9 Å². The summed E-state index contributed by atoms with van der Waals surface area (Å²) in [6.45, 7) is 2.85. The fourth-order valence-corrected chi connectivity index (χ4v) is 3.51. The molecule has 1 aliphatic carbocycles. The van der Waals surface area contributed by atoms with Gasteiger partial charge in [0.2, 0.25) is 0 Å². The minimum absolute atomic E-state index is 0.0260. The summed E-state index contributed by atoms with van der Waals surface area (Å²) in [4.78, 5) is 23.2. The maximum Gasteiger partial charge on any atom is 0.263 e. The second-order valence-electron chi connectivity index (χ2n) is 6.87. The lowest BCUT2D eigenvalue weighted by molar-refractivity contribution is 0.0938. The molecule has 2 aromatic rings. The van der Waals surface area contributed by atoms with E-state index in [-0.39, 0.29) is 5.91 Å². The largest absolute Gasteiger partial charge is 0.436 e. The first-order valence-electron chi connectivity index (χ1n) is 9.52. The Labute approximate surface area is 158 Å². The Balaban J connectivity index is 1.43. The second-order valence-corrected chi connectivity index (χ2v) is 6.87. The number of anilines is 1. The standard InChI is InChI=1S/C20H24N4O3/c25-19(23-16-3-1-2-4-16)15-5-7-17(8-6-15)27-20-18(21-9-10-22-20)24-11-13-26-14-12-24/h5-10,16H,1-4,11-14H2,(H,23,25). The fraction of sp³-hybridized carbons (Fsp3) is 0.450. The summed E-state index contributed by atoms with van der Waals surface area (Å²) in [5.74, 6) is 1.77. The Morgan fingerprint density at radius 1 is 1.07 bits per heavy atom. The van der Waals surface area contributed by atoms with Gasteiger partial charge in [-0.2, -0.15) is 0 Å². The van der Waals surface area contributed by atoms with Crippen LogP contribution in [0.3, 0.4) is 0 Å². The van der Waals surface area contributed by atoms with Crippen LogP contribution in [0.5, 0.6) is 11.6 Å². The molecule has 1 aromatic carbocycles. The highest BCUT2D eigenvalue weighted by Crippen LogP contribution is 2.28. The fourth-order valence-electron chi connectivity index (χ4n) is 3.51. The normalized spacial score (nSPS) is 17.7. The summed E-state index contributed by atoms with van der Waals surface area (Å²) in [6.07, 6.45) is 7.81. The topological polar surface area (TPSA) is 76.6 Å². The zero-order chi connectivity index (χ0) is 18.5. The zero-order valence-corrected chi connectivity index (χ0v) is 15.3. The van der Waals surface area contributed by atoms with Crippen LogP contribution in [0.25, 0.3) is 0 Å². The number of amides is 1. The molecule has 2 aliphatic rings. The van der Waals surface area contributed by atoms with E-state index in [1.54, 1.807) is 36.7 Å². The van der Waals surface area contributed by atoms with Crippen LogP contribution in [-0.4, -0.2) is 48.2 Å². The molecule has 4 rings (SSSR count). The highest BCUT2D eigenvalue weighted by Gasteiger charge is 2.20.